The van der Waals surface area contributed by atoms with Crippen LogP contribution in [0, 0.1) is 0 Å². The summed E-state index contributed by atoms with van der Waals surface area (Å²) >= 11 is 3.01. The maximum absolute atomic E-state index is 10.5. The van der Waals surface area contributed by atoms with Gasteiger partial charge in [0.1, 0.15) is 6.04 Å². The largest absolute Gasteiger partial charge is 0.480 e. The lowest BCUT2D eigenvalue weighted by Crippen LogP contribution is -2.32. The van der Waals surface area contributed by atoms with Crippen LogP contribution in [-0.2, 0) is 10.5 Å². The minimum atomic E-state index is -0.984. The van der Waals surface area contributed by atoms with Gasteiger partial charge >= 0.3 is 5.97 Å². The SMILES string of the molecule is N[C@H](CSCc1cc(-c2cccs2)on1)C(=O)O. The van der Waals surface area contributed by atoms with Crippen LogP contribution < -0.4 is 5.73 Å². The van der Waals surface area contributed by atoms with E-state index in [4.69, 9.17) is 15.4 Å². The molecule has 1 atom stereocenters. The molecule has 0 fully saturated rings. The van der Waals surface area contributed by atoms with Crippen LogP contribution >= 0.6 is 23.1 Å². The summed E-state index contributed by atoms with van der Waals surface area (Å²) in [5.41, 5.74) is 6.19. The molecule has 2 rings (SSSR count). The Balaban J connectivity index is 1.86. The molecule has 0 amide bonds. The van der Waals surface area contributed by atoms with E-state index in [0.717, 1.165) is 16.3 Å². The first kappa shape index (κ1) is 13.1. The van der Waals surface area contributed by atoms with Crippen molar-refractivity contribution in [3.8, 4) is 10.6 Å². The first-order valence-corrected chi connectivity index (χ1v) is 7.26. The van der Waals surface area contributed by atoms with E-state index >= 15 is 0 Å². The summed E-state index contributed by atoms with van der Waals surface area (Å²) in [5, 5.41) is 14.5. The maximum Gasteiger partial charge on any atom is 0.321 e. The molecular formula is C11H12N2O3S2. The van der Waals surface area contributed by atoms with Gasteiger partial charge in [-0.2, -0.15) is 11.8 Å². The third-order valence-corrected chi connectivity index (χ3v) is 4.17. The van der Waals surface area contributed by atoms with Gasteiger partial charge in [0.25, 0.3) is 0 Å². The highest BCUT2D eigenvalue weighted by molar-refractivity contribution is 7.98. The van der Waals surface area contributed by atoms with Crippen molar-refractivity contribution in [2.45, 2.75) is 11.8 Å². The fourth-order valence-electron chi connectivity index (χ4n) is 1.28. The number of thiophene rings is 1. The average molecular weight is 284 g/mol. The highest BCUT2D eigenvalue weighted by Gasteiger charge is 2.12. The molecule has 0 radical (unpaired) electrons. The Hall–Kier alpha value is -1.31. The molecular weight excluding hydrogens is 272 g/mol. The number of carboxylic acid groups (broad SMARTS) is 1. The highest BCUT2D eigenvalue weighted by atomic mass is 32.2. The second-order valence-electron chi connectivity index (χ2n) is 3.62. The lowest BCUT2D eigenvalue weighted by atomic mass is 10.3. The highest BCUT2D eigenvalue weighted by Crippen LogP contribution is 2.26. The van der Waals surface area contributed by atoms with E-state index < -0.39 is 12.0 Å². The molecule has 0 aliphatic rings. The number of rotatable bonds is 6. The number of hydrogen-bond acceptors (Lipinski definition) is 6. The number of aromatic nitrogens is 1. The minimum Gasteiger partial charge on any atom is -0.480 e. The van der Waals surface area contributed by atoms with Crippen LogP contribution in [0.1, 0.15) is 5.69 Å². The lowest BCUT2D eigenvalue weighted by molar-refractivity contribution is -0.137. The Morgan fingerprint density at radius 2 is 2.50 bits per heavy atom. The summed E-state index contributed by atoms with van der Waals surface area (Å²) < 4.78 is 5.21. The van der Waals surface area contributed by atoms with Crippen LogP contribution in [0.3, 0.4) is 0 Å². The lowest BCUT2D eigenvalue weighted by Gasteiger charge is -2.03. The van der Waals surface area contributed by atoms with E-state index in [9.17, 15) is 4.79 Å². The number of carbonyl (C=O) groups is 1. The smallest absolute Gasteiger partial charge is 0.321 e. The minimum absolute atomic E-state index is 0.358. The second kappa shape index (κ2) is 6.03. The van der Waals surface area contributed by atoms with Gasteiger partial charge in [-0.05, 0) is 11.4 Å². The first-order chi connectivity index (χ1) is 8.66. The summed E-state index contributed by atoms with van der Waals surface area (Å²) in [6.07, 6.45) is 0. The predicted octanol–water partition coefficient (Wildman–Crippen LogP) is 2.05. The molecule has 0 aliphatic carbocycles. The van der Waals surface area contributed by atoms with E-state index in [1.807, 2.05) is 23.6 Å². The number of thioether (sulfide) groups is 1. The zero-order valence-electron chi connectivity index (χ0n) is 9.41. The number of nitrogens with zero attached hydrogens (tertiary/aromatic N) is 1. The summed E-state index contributed by atoms with van der Waals surface area (Å²) in [7, 11) is 0. The Kier molecular flexibility index (Phi) is 4.40. The Morgan fingerprint density at radius 3 is 3.17 bits per heavy atom. The van der Waals surface area contributed by atoms with Crippen LogP contribution in [-0.4, -0.2) is 28.0 Å². The van der Waals surface area contributed by atoms with E-state index in [1.165, 1.54) is 11.8 Å². The molecule has 5 nitrogen and oxygen atoms in total. The Labute approximate surface area is 112 Å². The fraction of sp³-hybridized carbons (Fsp3) is 0.273. The molecule has 0 bridgehead atoms. The molecule has 0 spiro atoms. The normalized spacial score (nSPS) is 12.5. The molecule has 0 saturated heterocycles. The summed E-state index contributed by atoms with van der Waals surface area (Å²) in [5.74, 6) is 0.705. The molecule has 0 aromatic carbocycles. The van der Waals surface area contributed by atoms with Crippen LogP contribution in [0.5, 0.6) is 0 Å². The van der Waals surface area contributed by atoms with Gasteiger partial charge in [-0.15, -0.1) is 11.3 Å². The van der Waals surface area contributed by atoms with Crippen molar-refractivity contribution in [1.29, 1.82) is 0 Å². The van der Waals surface area contributed by atoms with E-state index in [1.54, 1.807) is 11.3 Å². The molecule has 0 saturated carbocycles. The van der Waals surface area contributed by atoms with Crippen molar-refractivity contribution in [3.05, 3.63) is 29.3 Å². The quantitative estimate of drug-likeness (QED) is 0.844. The molecule has 18 heavy (non-hydrogen) atoms. The van der Waals surface area contributed by atoms with E-state index in [-0.39, 0.29) is 0 Å². The van der Waals surface area contributed by atoms with Gasteiger partial charge in [0, 0.05) is 17.6 Å². The van der Waals surface area contributed by atoms with Crippen LogP contribution in [0.25, 0.3) is 10.6 Å². The van der Waals surface area contributed by atoms with Gasteiger partial charge in [-0.25, -0.2) is 0 Å². The molecule has 0 aliphatic heterocycles. The van der Waals surface area contributed by atoms with Crippen LogP contribution in [0.4, 0.5) is 0 Å². The number of carboxylic acids is 1. The van der Waals surface area contributed by atoms with Gasteiger partial charge < -0.3 is 15.4 Å². The summed E-state index contributed by atoms with van der Waals surface area (Å²) in [6.45, 7) is 0. The third-order valence-electron chi connectivity index (χ3n) is 2.19. The molecule has 2 aromatic heterocycles. The summed E-state index contributed by atoms with van der Waals surface area (Å²) in [6, 6.07) is 4.94. The monoisotopic (exact) mass is 284 g/mol. The molecule has 0 unspecified atom stereocenters. The molecule has 2 aromatic rings. The van der Waals surface area contributed by atoms with Gasteiger partial charge in [-0.3, -0.25) is 4.79 Å². The van der Waals surface area contributed by atoms with Gasteiger partial charge in [0.05, 0.1) is 10.6 Å². The topological polar surface area (TPSA) is 89.4 Å². The zero-order valence-corrected chi connectivity index (χ0v) is 11.0. The van der Waals surface area contributed by atoms with Gasteiger partial charge in [0.2, 0.25) is 0 Å². The van der Waals surface area contributed by atoms with Crippen molar-refractivity contribution < 1.29 is 14.4 Å². The molecule has 96 valence electrons. The second-order valence-corrected chi connectivity index (χ2v) is 5.60. The van der Waals surface area contributed by atoms with Crippen molar-refractivity contribution in [2.24, 2.45) is 5.73 Å². The molecule has 3 N–H and O–H groups in total. The van der Waals surface area contributed by atoms with Gasteiger partial charge in [-0.1, -0.05) is 11.2 Å². The van der Waals surface area contributed by atoms with Crippen molar-refractivity contribution in [3.63, 3.8) is 0 Å². The number of aliphatic carboxylic acids is 1. The van der Waals surface area contributed by atoms with E-state index in [2.05, 4.69) is 5.16 Å². The first-order valence-electron chi connectivity index (χ1n) is 5.22. The molecule has 2 heterocycles. The Morgan fingerprint density at radius 1 is 1.67 bits per heavy atom. The number of hydrogen-bond donors (Lipinski definition) is 2. The average Bonchev–Trinajstić information content (AvgIpc) is 2.98. The van der Waals surface area contributed by atoms with Crippen molar-refractivity contribution >= 4 is 29.1 Å². The van der Waals surface area contributed by atoms with Crippen molar-refractivity contribution in [2.75, 3.05) is 5.75 Å². The van der Waals surface area contributed by atoms with E-state index in [0.29, 0.717) is 11.5 Å². The van der Waals surface area contributed by atoms with Gasteiger partial charge in [0.15, 0.2) is 5.76 Å². The fourth-order valence-corrected chi connectivity index (χ4v) is 2.81. The van der Waals surface area contributed by atoms with Crippen molar-refractivity contribution in [1.82, 2.24) is 5.16 Å². The molecule has 7 heteroatoms. The predicted molar refractivity (Wildman–Crippen MR) is 71.6 cm³/mol. The Bertz CT molecular complexity index is 510. The number of nitrogens with two attached hydrogens (primary N) is 1. The third kappa shape index (κ3) is 3.34. The summed E-state index contributed by atoms with van der Waals surface area (Å²) in [4.78, 5) is 11.6. The maximum atomic E-state index is 10.5. The zero-order chi connectivity index (χ0) is 13.0. The standard InChI is InChI=1S/C11H12N2O3S2/c12-8(11(14)15)6-17-5-7-4-9(16-13-7)10-2-1-3-18-10/h1-4,8H,5-6,12H2,(H,14,15)/t8-/m1/s1. The van der Waals surface area contributed by atoms with Crippen LogP contribution in [0.2, 0.25) is 0 Å². The van der Waals surface area contributed by atoms with Crippen LogP contribution in [0.15, 0.2) is 28.1 Å².